The second kappa shape index (κ2) is 6.03. The summed E-state index contributed by atoms with van der Waals surface area (Å²) in [4.78, 5) is 22.8. The van der Waals surface area contributed by atoms with Crippen LogP contribution in [0.5, 0.6) is 0 Å². The summed E-state index contributed by atoms with van der Waals surface area (Å²) in [5, 5.41) is 11.7. The van der Waals surface area contributed by atoms with Gasteiger partial charge in [0.15, 0.2) is 0 Å². The van der Waals surface area contributed by atoms with Gasteiger partial charge in [0.05, 0.1) is 11.8 Å². The molecule has 0 radical (unpaired) electrons. The van der Waals surface area contributed by atoms with Crippen molar-refractivity contribution in [2.75, 3.05) is 6.54 Å². The number of hydrogen-bond donors (Lipinski definition) is 2. The number of rotatable bonds is 4. The summed E-state index contributed by atoms with van der Waals surface area (Å²) in [5.41, 5.74) is 0. The zero-order valence-corrected chi connectivity index (χ0v) is 10.6. The summed E-state index contributed by atoms with van der Waals surface area (Å²) >= 11 is 3.15. The Balaban J connectivity index is 2.57. The molecular formula is C11H16BrNO3. The van der Waals surface area contributed by atoms with Crippen molar-refractivity contribution in [3.63, 3.8) is 0 Å². The second-order valence-electron chi connectivity index (χ2n) is 4.07. The maximum Gasteiger partial charge on any atom is 0.307 e. The topological polar surface area (TPSA) is 66.4 Å². The normalized spacial score (nSPS) is 24.8. The average molecular weight is 290 g/mol. The van der Waals surface area contributed by atoms with Crippen LogP contribution in [0.2, 0.25) is 0 Å². The van der Waals surface area contributed by atoms with Gasteiger partial charge >= 0.3 is 5.97 Å². The lowest BCUT2D eigenvalue weighted by Crippen LogP contribution is -2.40. The lowest BCUT2D eigenvalue weighted by atomic mass is 9.79. The molecule has 5 heteroatoms. The highest BCUT2D eigenvalue weighted by Crippen LogP contribution is 2.30. The van der Waals surface area contributed by atoms with Crippen LogP contribution in [-0.2, 0) is 9.59 Å². The van der Waals surface area contributed by atoms with Gasteiger partial charge in [-0.25, -0.2) is 0 Å². The minimum Gasteiger partial charge on any atom is -0.481 e. The molecule has 1 fully saturated rings. The molecule has 0 aromatic rings. The molecule has 1 saturated carbocycles. The SMILES string of the molecule is C=C(Br)CNC(=O)[C@@H]1CCCC[C@@H]1C(=O)O. The molecule has 0 bridgehead atoms. The summed E-state index contributed by atoms with van der Waals surface area (Å²) in [6.07, 6.45) is 3.09. The number of carboxylic acid groups (broad SMARTS) is 1. The Morgan fingerprint density at radius 1 is 1.31 bits per heavy atom. The zero-order valence-electron chi connectivity index (χ0n) is 9.04. The highest BCUT2D eigenvalue weighted by molar-refractivity contribution is 9.11. The van der Waals surface area contributed by atoms with E-state index in [1.165, 1.54) is 0 Å². The van der Waals surface area contributed by atoms with Gasteiger partial charge in [-0.1, -0.05) is 35.4 Å². The fraction of sp³-hybridized carbons (Fsp3) is 0.636. The molecule has 4 nitrogen and oxygen atoms in total. The highest BCUT2D eigenvalue weighted by atomic mass is 79.9. The van der Waals surface area contributed by atoms with E-state index >= 15 is 0 Å². The molecule has 90 valence electrons. The monoisotopic (exact) mass is 289 g/mol. The van der Waals surface area contributed by atoms with Crippen LogP contribution in [0.4, 0.5) is 0 Å². The summed E-state index contributed by atoms with van der Waals surface area (Å²) in [6, 6.07) is 0. The molecule has 1 aliphatic rings. The number of carboxylic acids is 1. The molecular weight excluding hydrogens is 274 g/mol. The molecule has 0 aromatic carbocycles. The molecule has 2 N–H and O–H groups in total. The van der Waals surface area contributed by atoms with E-state index in [2.05, 4.69) is 27.8 Å². The molecule has 2 atom stereocenters. The van der Waals surface area contributed by atoms with E-state index in [0.29, 0.717) is 23.9 Å². The summed E-state index contributed by atoms with van der Waals surface area (Å²) in [7, 11) is 0. The standard InChI is InChI=1S/C11H16BrNO3/c1-7(12)6-13-10(14)8-4-2-3-5-9(8)11(15)16/h8-9H,1-6H2,(H,13,14)(H,15,16)/t8-,9+/m1/s1. The first-order valence-electron chi connectivity index (χ1n) is 5.36. The molecule has 1 amide bonds. The smallest absolute Gasteiger partial charge is 0.307 e. The average Bonchev–Trinajstić information content (AvgIpc) is 2.25. The number of carbonyl (C=O) groups is 2. The molecule has 0 heterocycles. The largest absolute Gasteiger partial charge is 0.481 e. The summed E-state index contributed by atoms with van der Waals surface area (Å²) < 4.78 is 0.684. The van der Waals surface area contributed by atoms with E-state index in [-0.39, 0.29) is 5.91 Å². The Kier molecular flexibility index (Phi) is 4.99. The van der Waals surface area contributed by atoms with Gasteiger partial charge in [-0.3, -0.25) is 9.59 Å². The molecule has 0 saturated heterocycles. The maximum atomic E-state index is 11.8. The zero-order chi connectivity index (χ0) is 12.1. The van der Waals surface area contributed by atoms with Crippen molar-refractivity contribution in [2.45, 2.75) is 25.7 Å². The first-order chi connectivity index (χ1) is 7.52. The lowest BCUT2D eigenvalue weighted by Gasteiger charge is -2.27. The van der Waals surface area contributed by atoms with Crippen molar-refractivity contribution >= 4 is 27.8 Å². The van der Waals surface area contributed by atoms with Gasteiger partial charge in [-0.15, -0.1) is 0 Å². The summed E-state index contributed by atoms with van der Waals surface area (Å²) in [6.45, 7) is 3.96. The van der Waals surface area contributed by atoms with Crippen LogP contribution < -0.4 is 5.32 Å². The van der Waals surface area contributed by atoms with Gasteiger partial charge < -0.3 is 10.4 Å². The van der Waals surface area contributed by atoms with Gasteiger partial charge in [0.1, 0.15) is 0 Å². The third-order valence-corrected chi connectivity index (χ3v) is 3.15. The number of aliphatic carboxylic acids is 1. The fourth-order valence-electron chi connectivity index (χ4n) is 2.05. The van der Waals surface area contributed by atoms with Crippen LogP contribution in [0.15, 0.2) is 11.1 Å². The van der Waals surface area contributed by atoms with Crippen molar-refractivity contribution < 1.29 is 14.7 Å². The van der Waals surface area contributed by atoms with Crippen molar-refractivity contribution in [1.29, 1.82) is 0 Å². The minimum atomic E-state index is -0.863. The molecule has 1 aliphatic carbocycles. The first-order valence-corrected chi connectivity index (χ1v) is 6.15. The van der Waals surface area contributed by atoms with Crippen LogP contribution in [0.25, 0.3) is 0 Å². The van der Waals surface area contributed by atoms with Crippen LogP contribution in [0.3, 0.4) is 0 Å². The van der Waals surface area contributed by atoms with E-state index in [9.17, 15) is 9.59 Å². The Bertz CT molecular complexity index is 304. The quantitative estimate of drug-likeness (QED) is 0.831. The molecule has 1 rings (SSSR count). The number of nitrogens with one attached hydrogen (secondary N) is 1. The van der Waals surface area contributed by atoms with E-state index in [0.717, 1.165) is 12.8 Å². The van der Waals surface area contributed by atoms with E-state index in [1.807, 2.05) is 0 Å². The maximum absolute atomic E-state index is 11.8. The van der Waals surface area contributed by atoms with E-state index in [1.54, 1.807) is 0 Å². The van der Waals surface area contributed by atoms with Crippen LogP contribution in [0, 0.1) is 11.8 Å². The van der Waals surface area contributed by atoms with Gasteiger partial charge in [0.2, 0.25) is 5.91 Å². The van der Waals surface area contributed by atoms with Crippen LogP contribution in [0.1, 0.15) is 25.7 Å². The Hall–Kier alpha value is -0.840. The Morgan fingerprint density at radius 2 is 1.88 bits per heavy atom. The van der Waals surface area contributed by atoms with Crippen molar-refractivity contribution in [3.05, 3.63) is 11.1 Å². The Labute approximate surface area is 103 Å². The van der Waals surface area contributed by atoms with Crippen LogP contribution >= 0.6 is 15.9 Å². The fourth-order valence-corrected chi connectivity index (χ4v) is 2.19. The van der Waals surface area contributed by atoms with Crippen molar-refractivity contribution in [2.24, 2.45) is 11.8 Å². The highest BCUT2D eigenvalue weighted by Gasteiger charge is 2.35. The predicted molar refractivity (Wildman–Crippen MR) is 64.2 cm³/mol. The van der Waals surface area contributed by atoms with E-state index in [4.69, 9.17) is 5.11 Å². The van der Waals surface area contributed by atoms with E-state index < -0.39 is 17.8 Å². The third-order valence-electron chi connectivity index (χ3n) is 2.87. The molecule has 0 aliphatic heterocycles. The first kappa shape index (κ1) is 13.2. The number of hydrogen-bond acceptors (Lipinski definition) is 2. The third kappa shape index (κ3) is 3.63. The minimum absolute atomic E-state index is 0.173. The lowest BCUT2D eigenvalue weighted by molar-refractivity contribution is -0.148. The molecule has 0 spiro atoms. The van der Waals surface area contributed by atoms with Crippen LogP contribution in [-0.4, -0.2) is 23.5 Å². The molecule has 0 aromatic heterocycles. The van der Waals surface area contributed by atoms with Gasteiger partial charge in [0.25, 0.3) is 0 Å². The molecule has 16 heavy (non-hydrogen) atoms. The molecule has 0 unspecified atom stereocenters. The summed E-state index contributed by atoms with van der Waals surface area (Å²) in [5.74, 6) is -1.96. The van der Waals surface area contributed by atoms with Gasteiger partial charge in [-0.2, -0.15) is 0 Å². The Morgan fingerprint density at radius 3 is 2.38 bits per heavy atom. The predicted octanol–water partition coefficient (Wildman–Crippen LogP) is 1.90. The second-order valence-corrected chi connectivity index (χ2v) is 5.19. The number of halogens is 1. The number of amides is 1. The van der Waals surface area contributed by atoms with Crippen molar-refractivity contribution in [1.82, 2.24) is 5.32 Å². The van der Waals surface area contributed by atoms with Crippen molar-refractivity contribution in [3.8, 4) is 0 Å². The number of carbonyl (C=O) groups excluding carboxylic acids is 1. The van der Waals surface area contributed by atoms with Gasteiger partial charge in [-0.05, 0) is 12.8 Å². The van der Waals surface area contributed by atoms with Gasteiger partial charge in [0, 0.05) is 11.0 Å².